The number of epoxide rings is 1. The van der Waals surface area contributed by atoms with Crippen molar-refractivity contribution in [2.45, 2.75) is 92.1 Å². The summed E-state index contributed by atoms with van der Waals surface area (Å²) in [6, 6.07) is 0. The summed E-state index contributed by atoms with van der Waals surface area (Å²) in [7, 11) is 0. The molecule has 2 rings (SSSR count). The second-order valence-corrected chi connectivity index (χ2v) is 8.06. The van der Waals surface area contributed by atoms with Crippen LogP contribution in [0.4, 0.5) is 0 Å². The molecule has 2 fully saturated rings. The molecule has 1 aliphatic heterocycles. The number of esters is 2. The van der Waals surface area contributed by atoms with Gasteiger partial charge < -0.3 is 18.9 Å². The summed E-state index contributed by atoms with van der Waals surface area (Å²) >= 11 is 0. The quantitative estimate of drug-likeness (QED) is 0.257. The largest absolute Gasteiger partial charge is 0.465 e. The van der Waals surface area contributed by atoms with Gasteiger partial charge in [0.15, 0.2) is 6.29 Å². The van der Waals surface area contributed by atoms with E-state index in [2.05, 4.69) is 6.92 Å². The molecule has 1 heterocycles. The molecule has 27 heavy (non-hydrogen) atoms. The molecule has 0 N–H and O–H groups in total. The molecule has 0 spiro atoms. The summed E-state index contributed by atoms with van der Waals surface area (Å²) in [6.07, 6.45) is 6.06. The van der Waals surface area contributed by atoms with Crippen molar-refractivity contribution in [3.8, 4) is 0 Å². The molecule has 6 heteroatoms. The number of hydrogen-bond donors (Lipinski definition) is 0. The molecule has 2 aliphatic rings. The molecule has 0 amide bonds. The van der Waals surface area contributed by atoms with Crippen LogP contribution in [0.25, 0.3) is 0 Å². The molecule has 0 bridgehead atoms. The number of carbonyl (C=O) groups excluding carboxylic acids is 2. The van der Waals surface area contributed by atoms with E-state index in [9.17, 15) is 9.59 Å². The minimum Gasteiger partial charge on any atom is -0.465 e. The second kappa shape index (κ2) is 12.3. The Morgan fingerprint density at radius 3 is 2.22 bits per heavy atom. The van der Waals surface area contributed by atoms with Gasteiger partial charge in [-0.25, -0.2) is 0 Å². The number of rotatable bonds is 9. The van der Waals surface area contributed by atoms with Crippen LogP contribution in [-0.2, 0) is 28.5 Å². The highest BCUT2D eigenvalue weighted by atomic mass is 16.7. The van der Waals surface area contributed by atoms with Gasteiger partial charge in [0.25, 0.3) is 0 Å². The van der Waals surface area contributed by atoms with Gasteiger partial charge in [0.05, 0.1) is 37.3 Å². The number of fused-ring (bicyclic) bond motifs is 1. The molecule has 1 saturated heterocycles. The first kappa shape index (κ1) is 23.9. The summed E-state index contributed by atoms with van der Waals surface area (Å²) < 4.78 is 20.9. The number of hydrogen-bond acceptors (Lipinski definition) is 6. The molecule has 0 aromatic heterocycles. The summed E-state index contributed by atoms with van der Waals surface area (Å²) in [5.74, 6) is 0.148. The van der Waals surface area contributed by atoms with Crippen LogP contribution < -0.4 is 0 Å². The minimum absolute atomic E-state index is 0.0106. The average molecular weight is 387 g/mol. The SMILES string of the molecule is CC(C)C(=O)OCC1CCC2OC2C1.CCCCOC(C)OC(=O)C(C)C. The van der Waals surface area contributed by atoms with E-state index in [0.717, 1.165) is 32.1 Å². The van der Waals surface area contributed by atoms with Crippen LogP contribution in [0.2, 0.25) is 0 Å². The van der Waals surface area contributed by atoms with Gasteiger partial charge in [-0.1, -0.05) is 41.0 Å². The van der Waals surface area contributed by atoms with Crippen LogP contribution in [0.3, 0.4) is 0 Å². The highest BCUT2D eigenvalue weighted by Crippen LogP contribution is 2.39. The fraction of sp³-hybridized carbons (Fsp3) is 0.905. The predicted molar refractivity (Wildman–Crippen MR) is 103 cm³/mol. The van der Waals surface area contributed by atoms with Crippen LogP contribution in [0.5, 0.6) is 0 Å². The van der Waals surface area contributed by atoms with Gasteiger partial charge in [0, 0.05) is 0 Å². The Labute approximate surface area is 164 Å². The van der Waals surface area contributed by atoms with Crippen LogP contribution in [0.15, 0.2) is 0 Å². The Morgan fingerprint density at radius 2 is 1.67 bits per heavy atom. The van der Waals surface area contributed by atoms with Gasteiger partial charge in [0.1, 0.15) is 0 Å². The van der Waals surface area contributed by atoms with E-state index in [4.69, 9.17) is 18.9 Å². The van der Waals surface area contributed by atoms with Crippen molar-refractivity contribution in [2.24, 2.45) is 17.8 Å². The Bertz CT molecular complexity index is 448. The Morgan fingerprint density at radius 1 is 1.00 bits per heavy atom. The maximum absolute atomic E-state index is 11.2. The third-order valence-electron chi connectivity index (χ3n) is 4.65. The van der Waals surface area contributed by atoms with Gasteiger partial charge in [0.2, 0.25) is 0 Å². The van der Waals surface area contributed by atoms with Gasteiger partial charge in [-0.2, -0.15) is 0 Å². The third-order valence-corrected chi connectivity index (χ3v) is 4.65. The molecule has 158 valence electrons. The molecular formula is C21H38O6. The molecule has 0 aromatic carbocycles. The number of carbonyl (C=O) groups is 2. The Kier molecular flexibility index (Phi) is 10.9. The van der Waals surface area contributed by atoms with Crippen LogP contribution in [0.1, 0.15) is 73.6 Å². The molecule has 4 unspecified atom stereocenters. The summed E-state index contributed by atoms with van der Waals surface area (Å²) in [4.78, 5) is 22.3. The van der Waals surface area contributed by atoms with E-state index in [-0.39, 0.29) is 23.8 Å². The zero-order chi connectivity index (χ0) is 20.4. The maximum atomic E-state index is 11.2. The molecular weight excluding hydrogens is 348 g/mol. The Hall–Kier alpha value is -1.14. The molecule has 4 atom stereocenters. The van der Waals surface area contributed by atoms with E-state index in [1.807, 2.05) is 13.8 Å². The molecule has 6 nitrogen and oxygen atoms in total. The smallest absolute Gasteiger partial charge is 0.310 e. The number of unbranched alkanes of at least 4 members (excludes halogenated alkanes) is 1. The molecule has 1 saturated carbocycles. The topological polar surface area (TPSA) is 74.4 Å². The van der Waals surface area contributed by atoms with Crippen LogP contribution in [0, 0.1) is 17.8 Å². The van der Waals surface area contributed by atoms with Crippen LogP contribution >= 0.6 is 0 Å². The zero-order valence-corrected chi connectivity index (χ0v) is 17.9. The van der Waals surface area contributed by atoms with Crippen molar-refractivity contribution in [2.75, 3.05) is 13.2 Å². The van der Waals surface area contributed by atoms with Crippen molar-refractivity contribution in [1.82, 2.24) is 0 Å². The predicted octanol–water partition coefficient (Wildman–Crippen LogP) is 4.10. The van der Waals surface area contributed by atoms with E-state index < -0.39 is 6.29 Å². The lowest BCUT2D eigenvalue weighted by Gasteiger charge is -2.19. The minimum atomic E-state index is -0.415. The lowest BCUT2D eigenvalue weighted by Crippen LogP contribution is -2.22. The highest BCUT2D eigenvalue weighted by Gasteiger charge is 2.44. The summed E-state index contributed by atoms with van der Waals surface area (Å²) in [5.41, 5.74) is 0. The van der Waals surface area contributed by atoms with Gasteiger partial charge in [-0.15, -0.1) is 0 Å². The monoisotopic (exact) mass is 386 g/mol. The average Bonchev–Trinajstić information content (AvgIpc) is 3.38. The molecule has 0 aromatic rings. The summed E-state index contributed by atoms with van der Waals surface area (Å²) in [6.45, 7) is 12.4. The second-order valence-electron chi connectivity index (χ2n) is 8.06. The van der Waals surface area contributed by atoms with E-state index in [0.29, 0.717) is 31.3 Å². The summed E-state index contributed by atoms with van der Waals surface area (Å²) in [5, 5.41) is 0. The first-order chi connectivity index (χ1) is 12.7. The molecule has 1 aliphatic carbocycles. The highest BCUT2D eigenvalue weighted by molar-refractivity contribution is 5.71. The zero-order valence-electron chi connectivity index (χ0n) is 17.9. The lowest BCUT2D eigenvalue weighted by molar-refractivity contribution is -0.178. The van der Waals surface area contributed by atoms with E-state index >= 15 is 0 Å². The first-order valence-corrected chi connectivity index (χ1v) is 10.4. The maximum Gasteiger partial charge on any atom is 0.310 e. The normalized spacial score (nSPS) is 24.5. The van der Waals surface area contributed by atoms with Gasteiger partial charge in [-0.3, -0.25) is 9.59 Å². The van der Waals surface area contributed by atoms with Crippen LogP contribution in [-0.4, -0.2) is 43.7 Å². The van der Waals surface area contributed by atoms with Gasteiger partial charge in [-0.05, 0) is 38.5 Å². The first-order valence-electron chi connectivity index (χ1n) is 10.4. The third kappa shape index (κ3) is 10.1. The molecule has 0 radical (unpaired) electrons. The lowest BCUT2D eigenvalue weighted by atomic mass is 9.90. The Balaban J connectivity index is 0.000000271. The van der Waals surface area contributed by atoms with Crippen molar-refractivity contribution in [3.05, 3.63) is 0 Å². The van der Waals surface area contributed by atoms with E-state index in [1.165, 1.54) is 0 Å². The van der Waals surface area contributed by atoms with E-state index in [1.54, 1.807) is 20.8 Å². The fourth-order valence-electron chi connectivity index (χ4n) is 2.73. The van der Waals surface area contributed by atoms with Crippen molar-refractivity contribution in [1.29, 1.82) is 0 Å². The fourth-order valence-corrected chi connectivity index (χ4v) is 2.73. The van der Waals surface area contributed by atoms with Crippen molar-refractivity contribution in [3.63, 3.8) is 0 Å². The van der Waals surface area contributed by atoms with Crippen molar-refractivity contribution >= 4 is 11.9 Å². The standard InChI is InChI=1S/C11H18O3.C10H20O3/c1-7(2)11(12)13-6-8-3-4-9-10(5-8)14-9;1-5-6-7-12-9(4)13-10(11)8(2)3/h7-10H,3-6H2,1-2H3;8-9H,5-7H2,1-4H3. The van der Waals surface area contributed by atoms with Gasteiger partial charge >= 0.3 is 11.9 Å². The van der Waals surface area contributed by atoms with Crippen molar-refractivity contribution < 1.29 is 28.5 Å². The number of ether oxygens (including phenoxy) is 4.